The summed E-state index contributed by atoms with van der Waals surface area (Å²) < 4.78 is 1.07. The first kappa shape index (κ1) is 16.9. The van der Waals surface area contributed by atoms with E-state index in [1.807, 2.05) is 0 Å². The van der Waals surface area contributed by atoms with Crippen molar-refractivity contribution >= 4 is 0 Å². The first-order chi connectivity index (χ1) is 8.18. The van der Waals surface area contributed by atoms with Gasteiger partial charge in [-0.1, -0.05) is 39.5 Å². The second kappa shape index (κ2) is 11.0. The Morgan fingerprint density at radius 1 is 0.706 bits per heavy atom. The molecule has 0 spiro atoms. The molecule has 2 nitrogen and oxygen atoms in total. The summed E-state index contributed by atoms with van der Waals surface area (Å²) in [5.74, 6) is 0. The number of hydrogen-bond acceptors (Lipinski definition) is 1. The molecular formula is C15H34NO+. The number of aliphatic hydroxyl groups excluding tert-OH is 1. The third-order valence-corrected chi connectivity index (χ3v) is 3.74. The molecule has 0 radical (unpaired) electrons. The lowest BCUT2D eigenvalue weighted by Crippen LogP contribution is -2.47. The summed E-state index contributed by atoms with van der Waals surface area (Å²) in [5.41, 5.74) is 0. The van der Waals surface area contributed by atoms with Crippen molar-refractivity contribution in [3.8, 4) is 0 Å². The third-order valence-electron chi connectivity index (χ3n) is 3.74. The largest absolute Gasteiger partial charge is 0.391 e. The van der Waals surface area contributed by atoms with Crippen molar-refractivity contribution in [3.05, 3.63) is 0 Å². The van der Waals surface area contributed by atoms with Gasteiger partial charge in [0.15, 0.2) is 0 Å². The van der Waals surface area contributed by atoms with Crippen LogP contribution in [-0.2, 0) is 0 Å². The average Bonchev–Trinajstić information content (AvgIpc) is 2.31. The van der Waals surface area contributed by atoms with Crippen LogP contribution in [0.15, 0.2) is 0 Å². The molecule has 0 aliphatic carbocycles. The molecule has 0 aromatic carbocycles. The van der Waals surface area contributed by atoms with E-state index in [1.54, 1.807) is 0 Å². The Labute approximate surface area is 109 Å². The molecule has 0 atom stereocenters. The van der Waals surface area contributed by atoms with Crippen LogP contribution in [0.25, 0.3) is 0 Å². The van der Waals surface area contributed by atoms with Crippen LogP contribution in [0.1, 0.15) is 65.2 Å². The van der Waals surface area contributed by atoms with Gasteiger partial charge in [0.05, 0.1) is 26.7 Å². The molecular weight excluding hydrogens is 210 g/mol. The maximum absolute atomic E-state index is 9.19. The lowest BCUT2D eigenvalue weighted by atomic mass is 10.1. The zero-order valence-electron chi connectivity index (χ0n) is 12.4. The van der Waals surface area contributed by atoms with E-state index in [9.17, 15) is 5.11 Å². The monoisotopic (exact) mass is 244 g/mol. The number of unbranched alkanes of at least 4 members (excludes halogenated alkanes) is 6. The highest BCUT2D eigenvalue weighted by atomic mass is 16.3. The van der Waals surface area contributed by atoms with Gasteiger partial charge in [0.1, 0.15) is 6.54 Å². The Hall–Kier alpha value is -0.0800. The molecule has 2 heteroatoms. The van der Waals surface area contributed by atoms with Crippen LogP contribution in [0.4, 0.5) is 0 Å². The van der Waals surface area contributed by atoms with Crippen LogP contribution in [-0.4, -0.2) is 42.9 Å². The molecule has 0 unspecified atom stereocenters. The molecule has 17 heavy (non-hydrogen) atoms. The summed E-state index contributed by atoms with van der Waals surface area (Å²) in [7, 11) is 2.31. The van der Waals surface area contributed by atoms with E-state index in [-0.39, 0.29) is 0 Å². The van der Waals surface area contributed by atoms with Crippen molar-refractivity contribution in [2.45, 2.75) is 65.2 Å². The minimum absolute atomic E-state index is 0.331. The van der Waals surface area contributed by atoms with Crippen LogP contribution in [0.5, 0.6) is 0 Å². The molecule has 0 rings (SSSR count). The summed E-state index contributed by atoms with van der Waals surface area (Å²) >= 11 is 0. The molecule has 0 heterocycles. The highest BCUT2D eigenvalue weighted by Gasteiger charge is 2.19. The van der Waals surface area contributed by atoms with Gasteiger partial charge in [-0.2, -0.15) is 0 Å². The molecule has 0 amide bonds. The van der Waals surface area contributed by atoms with Crippen LogP contribution < -0.4 is 0 Å². The van der Waals surface area contributed by atoms with Crippen LogP contribution in [0.2, 0.25) is 0 Å². The fourth-order valence-corrected chi connectivity index (χ4v) is 2.42. The summed E-state index contributed by atoms with van der Waals surface area (Å²) in [6.45, 7) is 8.26. The fraction of sp³-hybridized carbons (Fsp3) is 1.00. The Morgan fingerprint density at radius 2 is 1.18 bits per heavy atom. The number of likely N-dealkylation sites (N-methyl/N-ethyl adjacent to an activating group) is 1. The summed E-state index contributed by atoms with van der Waals surface area (Å²) in [6, 6.07) is 0. The molecule has 0 bridgehead atoms. The first-order valence-corrected chi connectivity index (χ1v) is 7.63. The van der Waals surface area contributed by atoms with E-state index in [2.05, 4.69) is 20.9 Å². The number of nitrogens with zero attached hydrogens (tertiary/aromatic N) is 1. The van der Waals surface area contributed by atoms with E-state index in [0.717, 1.165) is 11.0 Å². The van der Waals surface area contributed by atoms with Crippen LogP contribution in [0.3, 0.4) is 0 Å². The second-order valence-electron chi connectivity index (χ2n) is 5.64. The average molecular weight is 244 g/mol. The number of aliphatic hydroxyl groups is 1. The molecule has 0 saturated heterocycles. The topological polar surface area (TPSA) is 20.2 Å². The van der Waals surface area contributed by atoms with Gasteiger partial charge < -0.3 is 9.59 Å². The molecule has 0 aromatic heterocycles. The molecule has 0 aliphatic heterocycles. The molecule has 0 fully saturated rings. The molecule has 0 saturated carbocycles. The number of hydrogen-bond donors (Lipinski definition) is 1. The summed E-state index contributed by atoms with van der Waals surface area (Å²) in [6.07, 6.45) is 10.7. The van der Waals surface area contributed by atoms with Crippen molar-refractivity contribution in [3.63, 3.8) is 0 Å². The Morgan fingerprint density at radius 3 is 1.53 bits per heavy atom. The third kappa shape index (κ3) is 9.61. The predicted octanol–water partition coefficient (Wildman–Crippen LogP) is 3.59. The maximum Gasteiger partial charge on any atom is 0.102 e. The zero-order chi connectivity index (χ0) is 13.0. The minimum Gasteiger partial charge on any atom is -0.391 e. The molecule has 104 valence electrons. The summed E-state index contributed by atoms with van der Waals surface area (Å²) in [4.78, 5) is 0. The van der Waals surface area contributed by atoms with Gasteiger partial charge in [0.2, 0.25) is 0 Å². The van der Waals surface area contributed by atoms with Gasteiger partial charge in [-0.15, -0.1) is 0 Å². The van der Waals surface area contributed by atoms with Crippen molar-refractivity contribution in [2.24, 2.45) is 0 Å². The van der Waals surface area contributed by atoms with Gasteiger partial charge in [0.25, 0.3) is 0 Å². The van der Waals surface area contributed by atoms with Gasteiger partial charge in [0, 0.05) is 0 Å². The first-order valence-electron chi connectivity index (χ1n) is 7.63. The molecule has 0 aromatic rings. The maximum atomic E-state index is 9.19. The van der Waals surface area contributed by atoms with E-state index in [4.69, 9.17) is 0 Å². The Kier molecular flexibility index (Phi) is 11.0. The fourth-order valence-electron chi connectivity index (χ4n) is 2.42. The second-order valence-corrected chi connectivity index (χ2v) is 5.64. The smallest absolute Gasteiger partial charge is 0.102 e. The van der Waals surface area contributed by atoms with Gasteiger partial charge in [-0.3, -0.25) is 0 Å². The van der Waals surface area contributed by atoms with Gasteiger partial charge >= 0.3 is 0 Å². The van der Waals surface area contributed by atoms with E-state index in [0.29, 0.717) is 6.61 Å². The lowest BCUT2D eigenvalue weighted by Gasteiger charge is -2.34. The van der Waals surface area contributed by atoms with Crippen LogP contribution >= 0.6 is 0 Å². The van der Waals surface area contributed by atoms with E-state index >= 15 is 0 Å². The standard InChI is InChI=1S/C15H34NO/c1-4-6-8-10-12-16(3,14-15-17)13-11-9-7-5-2/h17H,4-15H2,1-3H3/q+1. The van der Waals surface area contributed by atoms with Crippen LogP contribution in [0, 0.1) is 0 Å². The zero-order valence-corrected chi connectivity index (χ0v) is 12.4. The van der Waals surface area contributed by atoms with Crippen molar-refractivity contribution in [1.82, 2.24) is 0 Å². The van der Waals surface area contributed by atoms with Crippen molar-refractivity contribution < 1.29 is 9.59 Å². The highest BCUT2D eigenvalue weighted by Crippen LogP contribution is 2.11. The van der Waals surface area contributed by atoms with Crippen molar-refractivity contribution in [1.29, 1.82) is 0 Å². The SMILES string of the molecule is CCCCCC[N+](C)(CCO)CCCCCC. The van der Waals surface area contributed by atoms with Gasteiger partial charge in [-0.05, 0) is 25.7 Å². The molecule has 1 N–H and O–H groups in total. The molecule has 0 aliphatic rings. The number of rotatable bonds is 12. The van der Waals surface area contributed by atoms with Gasteiger partial charge in [-0.25, -0.2) is 0 Å². The van der Waals surface area contributed by atoms with Crippen molar-refractivity contribution in [2.75, 3.05) is 33.3 Å². The van der Waals surface area contributed by atoms with E-state index in [1.165, 1.54) is 64.5 Å². The highest BCUT2D eigenvalue weighted by molar-refractivity contribution is 4.46. The quantitative estimate of drug-likeness (QED) is 0.411. The minimum atomic E-state index is 0.331. The Balaban J connectivity index is 3.80. The number of quaternary nitrogens is 1. The Bertz CT molecular complexity index is 147. The normalized spacial score (nSPS) is 12.0. The lowest BCUT2D eigenvalue weighted by molar-refractivity contribution is -0.910. The van der Waals surface area contributed by atoms with E-state index < -0.39 is 0 Å². The predicted molar refractivity (Wildman–Crippen MR) is 76.2 cm³/mol. The summed E-state index contributed by atoms with van der Waals surface area (Å²) in [5, 5.41) is 9.19.